The summed E-state index contributed by atoms with van der Waals surface area (Å²) < 4.78 is 24.3. The van der Waals surface area contributed by atoms with Crippen molar-refractivity contribution in [2.75, 3.05) is 13.7 Å². The molecule has 0 aromatic carbocycles. The van der Waals surface area contributed by atoms with Gasteiger partial charge in [0.2, 0.25) is 11.7 Å². The number of ketones is 1. The first-order valence-corrected chi connectivity index (χ1v) is 15.1. The van der Waals surface area contributed by atoms with Gasteiger partial charge in [0, 0.05) is 18.9 Å². The van der Waals surface area contributed by atoms with Crippen LogP contribution in [0, 0.1) is 17.8 Å². The van der Waals surface area contributed by atoms with Crippen molar-refractivity contribution in [3.05, 3.63) is 47.3 Å². The van der Waals surface area contributed by atoms with E-state index < -0.39 is 65.1 Å². The fraction of sp³-hybridized carbons (Fsp3) is 0.656. The number of hydrogen-bond donors (Lipinski definition) is 3. The molecule has 11 heteroatoms. The number of aliphatic hydroxyl groups excluding tert-OH is 2. The molecule has 4 fully saturated rings. The number of ether oxygens (including phenoxy) is 4. The number of carbonyl (C=O) groups excluding carboxylic acids is 3. The molecule has 4 saturated heterocycles. The number of amides is 2. The third kappa shape index (κ3) is 5.50. The fourth-order valence-corrected chi connectivity index (χ4v) is 6.82. The molecule has 3 N–H and O–H groups in total. The molecule has 0 aromatic heterocycles. The number of epoxide rings is 1. The lowest BCUT2D eigenvalue weighted by molar-refractivity contribution is -0.346. The van der Waals surface area contributed by atoms with Crippen LogP contribution in [0.15, 0.2) is 47.3 Å². The Bertz CT molecular complexity index is 1280. The van der Waals surface area contributed by atoms with Crippen LogP contribution in [0.25, 0.3) is 0 Å². The summed E-state index contributed by atoms with van der Waals surface area (Å²) in [5, 5.41) is 23.7. The molecule has 1 unspecified atom stereocenters. The zero-order valence-corrected chi connectivity index (χ0v) is 25.9. The summed E-state index contributed by atoms with van der Waals surface area (Å²) in [6.07, 6.45) is 7.46. The first-order chi connectivity index (χ1) is 20.2. The van der Waals surface area contributed by atoms with Crippen molar-refractivity contribution >= 4 is 17.6 Å². The predicted molar refractivity (Wildman–Crippen MR) is 155 cm³/mol. The summed E-state index contributed by atoms with van der Waals surface area (Å²) in [6, 6.07) is -1.15. The van der Waals surface area contributed by atoms with Gasteiger partial charge in [0.05, 0.1) is 36.9 Å². The van der Waals surface area contributed by atoms with Gasteiger partial charge in [0.25, 0.3) is 5.91 Å². The highest BCUT2D eigenvalue weighted by Crippen LogP contribution is 2.52. The standard InChI is InChI=1S/C32H44N2O9/c1-16(14-17(2)28-18(3)23-12-13-32(15-40-32)31(6,42-23)43-28)8-9-22(36)25-27(37)26(19(4)29(38)33-7)34(30(25)39)24-11-10-21(35)20(5)41-24/h8-9,12-14,17-21,23-24,26,28,35-36H,10-11,15H2,1-7H3,(H,33,38)/b9-8+,16-14+,25-22+/t17-,18+,19+,20+,21+,23+,24?,26+,28-,31+,32-/m1/s1. The first-order valence-electron chi connectivity index (χ1n) is 15.1. The number of nitrogens with zero attached hydrogens (tertiary/aromatic N) is 1. The molecule has 1 spiro atoms. The number of fused-ring (bicyclic) bond motifs is 3. The Kier molecular flexibility index (Phi) is 8.51. The van der Waals surface area contributed by atoms with Gasteiger partial charge in [-0.05, 0) is 45.8 Å². The molecule has 11 atom stereocenters. The van der Waals surface area contributed by atoms with Crippen LogP contribution in [-0.4, -0.2) is 94.4 Å². The largest absolute Gasteiger partial charge is 0.507 e. The number of likely N-dealkylation sites (tertiary alicyclic amines) is 1. The molecule has 5 heterocycles. The molecule has 0 aliphatic carbocycles. The van der Waals surface area contributed by atoms with Gasteiger partial charge < -0.3 is 39.4 Å². The zero-order chi connectivity index (χ0) is 31.4. The summed E-state index contributed by atoms with van der Waals surface area (Å²) in [7, 11) is 1.46. The molecular weight excluding hydrogens is 556 g/mol. The molecule has 0 saturated carbocycles. The van der Waals surface area contributed by atoms with Gasteiger partial charge in [-0.2, -0.15) is 0 Å². The Morgan fingerprint density at radius 1 is 1.19 bits per heavy atom. The highest BCUT2D eigenvalue weighted by atomic mass is 16.8. The number of aliphatic hydroxyl groups is 2. The van der Waals surface area contributed by atoms with Crippen LogP contribution in [0.1, 0.15) is 54.4 Å². The Hall–Kier alpha value is -2.83. The van der Waals surface area contributed by atoms with E-state index >= 15 is 0 Å². The van der Waals surface area contributed by atoms with E-state index in [1.807, 2.05) is 19.9 Å². The molecule has 11 nitrogen and oxygen atoms in total. The smallest absolute Gasteiger partial charge is 0.264 e. The van der Waals surface area contributed by atoms with Gasteiger partial charge in [0.1, 0.15) is 23.6 Å². The topological polar surface area (TPSA) is 147 Å². The lowest BCUT2D eigenvalue weighted by Gasteiger charge is -2.51. The second-order valence-corrected chi connectivity index (χ2v) is 12.7. The van der Waals surface area contributed by atoms with Crippen LogP contribution in [-0.2, 0) is 33.3 Å². The number of Topliss-reactive ketones (excluding diaryl/α,β-unsaturated/α-hetero) is 1. The van der Waals surface area contributed by atoms with Crippen LogP contribution < -0.4 is 5.32 Å². The van der Waals surface area contributed by atoms with E-state index in [9.17, 15) is 24.6 Å². The third-order valence-electron chi connectivity index (χ3n) is 9.67. The van der Waals surface area contributed by atoms with Crippen molar-refractivity contribution in [3.8, 4) is 0 Å². The highest BCUT2D eigenvalue weighted by Gasteiger charge is 2.66. The van der Waals surface area contributed by atoms with Crippen LogP contribution in [0.3, 0.4) is 0 Å². The molecule has 5 rings (SSSR count). The van der Waals surface area contributed by atoms with E-state index in [2.05, 4.69) is 31.3 Å². The molecule has 0 radical (unpaired) electrons. The lowest BCUT2D eigenvalue weighted by atomic mass is 9.82. The summed E-state index contributed by atoms with van der Waals surface area (Å²) in [5.41, 5.74) is -0.127. The first kappa shape index (κ1) is 31.6. The minimum atomic E-state index is -1.15. The molecule has 2 amide bonds. The monoisotopic (exact) mass is 600 g/mol. The van der Waals surface area contributed by atoms with Crippen LogP contribution in [0.2, 0.25) is 0 Å². The lowest BCUT2D eigenvalue weighted by Crippen LogP contribution is -2.61. The highest BCUT2D eigenvalue weighted by molar-refractivity contribution is 6.27. The molecule has 5 aliphatic heterocycles. The number of carbonyl (C=O) groups is 3. The van der Waals surface area contributed by atoms with Gasteiger partial charge in [-0.1, -0.05) is 44.6 Å². The fourth-order valence-electron chi connectivity index (χ4n) is 6.82. The van der Waals surface area contributed by atoms with E-state index in [-0.39, 0.29) is 29.6 Å². The van der Waals surface area contributed by atoms with Gasteiger partial charge in [-0.25, -0.2) is 0 Å². The molecule has 0 aromatic rings. The predicted octanol–water partition coefficient (Wildman–Crippen LogP) is 2.46. The van der Waals surface area contributed by atoms with E-state index in [0.717, 1.165) is 5.57 Å². The summed E-state index contributed by atoms with van der Waals surface area (Å²) in [6.45, 7) is 11.7. The maximum atomic E-state index is 13.6. The van der Waals surface area contributed by atoms with Gasteiger partial charge in [-0.15, -0.1) is 0 Å². The van der Waals surface area contributed by atoms with Crippen molar-refractivity contribution in [1.29, 1.82) is 0 Å². The number of nitrogens with one attached hydrogen (secondary N) is 1. The molecule has 5 aliphatic rings. The number of allylic oxidation sites excluding steroid dienone is 3. The SMILES string of the molecule is CNC(=O)[C@@H](C)[C@H]1C(=O)/C(=C(O)/C=C/C(C)=C/[C@@H](C)[C@H]2O[C@]3(C)O[C@@H](C=C[C@@]34CO4)[C@@H]2C)C(=O)N1C1CC[C@H](O)[C@H](C)O1. The van der Waals surface area contributed by atoms with Crippen molar-refractivity contribution < 1.29 is 43.5 Å². The third-order valence-corrected chi connectivity index (χ3v) is 9.67. The van der Waals surface area contributed by atoms with E-state index in [1.165, 1.54) is 18.0 Å². The summed E-state index contributed by atoms with van der Waals surface area (Å²) in [5.74, 6) is -3.93. The van der Waals surface area contributed by atoms with Gasteiger partial charge in [-0.3, -0.25) is 14.4 Å². The quantitative estimate of drug-likeness (QED) is 0.100. The van der Waals surface area contributed by atoms with Gasteiger partial charge >= 0.3 is 0 Å². The summed E-state index contributed by atoms with van der Waals surface area (Å²) in [4.78, 5) is 41.1. The van der Waals surface area contributed by atoms with Crippen molar-refractivity contribution in [2.45, 2.75) is 102 Å². The van der Waals surface area contributed by atoms with Crippen LogP contribution in [0.5, 0.6) is 0 Å². The number of hydrogen-bond acceptors (Lipinski definition) is 9. The van der Waals surface area contributed by atoms with Crippen LogP contribution >= 0.6 is 0 Å². The Labute approximate surface area is 252 Å². The molecule has 2 bridgehead atoms. The molecular formula is C32H44N2O9. The molecule has 236 valence electrons. The number of rotatable bonds is 7. The van der Waals surface area contributed by atoms with Crippen LogP contribution in [0.4, 0.5) is 0 Å². The maximum Gasteiger partial charge on any atom is 0.264 e. The zero-order valence-electron chi connectivity index (χ0n) is 25.9. The minimum absolute atomic E-state index is 0.0220. The Morgan fingerprint density at radius 2 is 1.88 bits per heavy atom. The Balaban J connectivity index is 1.36. The second-order valence-electron chi connectivity index (χ2n) is 12.7. The van der Waals surface area contributed by atoms with E-state index in [0.29, 0.717) is 19.4 Å². The van der Waals surface area contributed by atoms with Crippen molar-refractivity contribution in [1.82, 2.24) is 10.2 Å². The Morgan fingerprint density at radius 3 is 2.51 bits per heavy atom. The van der Waals surface area contributed by atoms with E-state index in [4.69, 9.17) is 18.9 Å². The van der Waals surface area contributed by atoms with Gasteiger partial charge in [0.15, 0.2) is 11.4 Å². The average Bonchev–Trinajstić information content (AvgIpc) is 3.71. The molecule has 43 heavy (non-hydrogen) atoms. The van der Waals surface area contributed by atoms with E-state index in [1.54, 1.807) is 19.9 Å². The average molecular weight is 601 g/mol. The van der Waals surface area contributed by atoms with Crippen molar-refractivity contribution in [2.24, 2.45) is 17.8 Å². The van der Waals surface area contributed by atoms with Crippen molar-refractivity contribution in [3.63, 3.8) is 0 Å². The normalized spacial score (nSPS) is 42.0. The second kappa shape index (κ2) is 11.6. The minimum Gasteiger partial charge on any atom is -0.507 e. The summed E-state index contributed by atoms with van der Waals surface area (Å²) >= 11 is 0. The maximum absolute atomic E-state index is 13.6.